The van der Waals surface area contributed by atoms with Gasteiger partial charge >= 0.3 is 0 Å². The van der Waals surface area contributed by atoms with E-state index in [2.05, 4.69) is 10.6 Å². The van der Waals surface area contributed by atoms with E-state index in [1.54, 1.807) is 0 Å². The average Bonchev–Trinajstić information content (AvgIpc) is 2.47. The smallest absolute Gasteiger partial charge is 0.217 e. The van der Waals surface area contributed by atoms with Crippen LogP contribution in [0.1, 0.15) is 31.7 Å². The summed E-state index contributed by atoms with van der Waals surface area (Å²) < 4.78 is 0. The van der Waals surface area contributed by atoms with Gasteiger partial charge in [-0.15, -0.1) is 0 Å². The monoisotopic (exact) mass is 276 g/mol. The van der Waals surface area contributed by atoms with Gasteiger partial charge in [0.25, 0.3) is 0 Å². The molecule has 1 heterocycles. The molecule has 4 nitrogen and oxygen atoms in total. The Morgan fingerprint density at radius 2 is 2.15 bits per heavy atom. The standard InChI is InChI=1S/C16H24N2O2/c1-12(19)18-15(11-13-7-3-2-4-8-13)16(20)14-9-5-6-10-17-14/h2-4,7-8,14-17,20H,5-6,9-11H2,1H3,(H,18,19)/t14?,15-,16-/m0/s1. The lowest BCUT2D eigenvalue weighted by atomic mass is 9.91. The van der Waals surface area contributed by atoms with Crippen LogP contribution in [0, 0.1) is 0 Å². The van der Waals surface area contributed by atoms with Crippen molar-refractivity contribution in [1.82, 2.24) is 10.6 Å². The third-order valence-corrected chi connectivity index (χ3v) is 3.86. The number of carbonyl (C=O) groups excluding carboxylic acids is 1. The Hall–Kier alpha value is -1.39. The summed E-state index contributed by atoms with van der Waals surface area (Å²) in [7, 11) is 0. The van der Waals surface area contributed by atoms with Gasteiger partial charge in [-0.2, -0.15) is 0 Å². The number of hydrogen-bond donors (Lipinski definition) is 3. The van der Waals surface area contributed by atoms with Crippen molar-refractivity contribution in [2.24, 2.45) is 0 Å². The third-order valence-electron chi connectivity index (χ3n) is 3.86. The molecule has 2 rings (SSSR count). The highest BCUT2D eigenvalue weighted by Gasteiger charge is 2.29. The molecule has 1 aliphatic heterocycles. The molecule has 1 unspecified atom stereocenters. The Bertz CT molecular complexity index is 416. The van der Waals surface area contributed by atoms with Gasteiger partial charge in [-0.25, -0.2) is 0 Å². The van der Waals surface area contributed by atoms with Crippen molar-refractivity contribution in [2.45, 2.75) is 50.8 Å². The van der Waals surface area contributed by atoms with Crippen molar-refractivity contribution in [3.63, 3.8) is 0 Å². The van der Waals surface area contributed by atoms with E-state index in [1.165, 1.54) is 6.92 Å². The molecule has 3 atom stereocenters. The number of rotatable bonds is 5. The molecule has 4 heteroatoms. The zero-order valence-electron chi connectivity index (χ0n) is 12.0. The Morgan fingerprint density at radius 1 is 1.40 bits per heavy atom. The summed E-state index contributed by atoms with van der Waals surface area (Å²) in [6, 6.07) is 9.80. The van der Waals surface area contributed by atoms with Gasteiger partial charge in [0.2, 0.25) is 5.91 Å². The minimum atomic E-state index is -0.556. The minimum Gasteiger partial charge on any atom is -0.389 e. The highest BCUT2D eigenvalue weighted by molar-refractivity contribution is 5.73. The lowest BCUT2D eigenvalue weighted by molar-refractivity contribution is -0.120. The third kappa shape index (κ3) is 4.32. The van der Waals surface area contributed by atoms with Gasteiger partial charge in [0.05, 0.1) is 12.1 Å². The van der Waals surface area contributed by atoms with Crippen LogP contribution in [0.15, 0.2) is 30.3 Å². The molecule has 0 bridgehead atoms. The molecule has 1 saturated heterocycles. The van der Waals surface area contributed by atoms with Gasteiger partial charge < -0.3 is 15.7 Å². The van der Waals surface area contributed by atoms with Crippen molar-refractivity contribution in [3.05, 3.63) is 35.9 Å². The molecule has 0 saturated carbocycles. The molecule has 3 N–H and O–H groups in total. The average molecular weight is 276 g/mol. The SMILES string of the molecule is CC(=O)N[C@@H](Cc1ccccc1)[C@@H](O)C1CCCCN1. The quantitative estimate of drug-likeness (QED) is 0.758. The fourth-order valence-corrected chi connectivity index (χ4v) is 2.84. The van der Waals surface area contributed by atoms with Crippen molar-refractivity contribution in [3.8, 4) is 0 Å². The molecule has 1 aromatic carbocycles. The van der Waals surface area contributed by atoms with Crippen LogP contribution >= 0.6 is 0 Å². The number of piperidine rings is 1. The summed E-state index contributed by atoms with van der Waals surface area (Å²) in [5.74, 6) is -0.0965. The summed E-state index contributed by atoms with van der Waals surface area (Å²) in [5, 5.41) is 16.8. The summed E-state index contributed by atoms with van der Waals surface area (Å²) >= 11 is 0. The second-order valence-electron chi connectivity index (χ2n) is 5.54. The molecule has 1 aromatic rings. The van der Waals surface area contributed by atoms with Crippen LogP contribution in [-0.2, 0) is 11.2 Å². The lowest BCUT2D eigenvalue weighted by Gasteiger charge is -2.33. The largest absolute Gasteiger partial charge is 0.389 e. The Kier molecular flexibility index (Phi) is 5.56. The maximum atomic E-state index is 11.4. The van der Waals surface area contributed by atoms with Gasteiger partial charge in [-0.3, -0.25) is 4.79 Å². The Balaban J connectivity index is 2.03. The molecule has 20 heavy (non-hydrogen) atoms. The van der Waals surface area contributed by atoms with Crippen LogP contribution in [0.25, 0.3) is 0 Å². The van der Waals surface area contributed by atoms with Gasteiger partial charge in [0.1, 0.15) is 0 Å². The summed E-state index contributed by atoms with van der Waals surface area (Å²) in [6.45, 7) is 2.44. The lowest BCUT2D eigenvalue weighted by Crippen LogP contribution is -2.54. The van der Waals surface area contributed by atoms with E-state index in [4.69, 9.17) is 0 Å². The maximum absolute atomic E-state index is 11.4. The number of benzene rings is 1. The van der Waals surface area contributed by atoms with Crippen molar-refractivity contribution in [1.29, 1.82) is 0 Å². The first kappa shape index (κ1) is 15.0. The van der Waals surface area contributed by atoms with E-state index in [-0.39, 0.29) is 18.0 Å². The number of aliphatic hydroxyl groups excluding tert-OH is 1. The maximum Gasteiger partial charge on any atom is 0.217 e. The van der Waals surface area contributed by atoms with Crippen LogP contribution in [0.5, 0.6) is 0 Å². The predicted octanol–water partition coefficient (Wildman–Crippen LogP) is 1.24. The van der Waals surface area contributed by atoms with E-state index >= 15 is 0 Å². The number of amides is 1. The summed E-state index contributed by atoms with van der Waals surface area (Å²) in [4.78, 5) is 11.4. The van der Waals surface area contributed by atoms with Gasteiger partial charge in [0, 0.05) is 13.0 Å². The molecule has 0 spiro atoms. The van der Waals surface area contributed by atoms with Crippen molar-refractivity contribution < 1.29 is 9.90 Å². The topological polar surface area (TPSA) is 61.4 Å². The van der Waals surface area contributed by atoms with Crippen LogP contribution in [-0.4, -0.2) is 35.7 Å². The minimum absolute atomic E-state index is 0.0734. The highest BCUT2D eigenvalue weighted by Crippen LogP contribution is 2.15. The number of hydrogen-bond acceptors (Lipinski definition) is 3. The molecular weight excluding hydrogens is 252 g/mol. The molecule has 110 valence electrons. The molecule has 1 amide bonds. The normalized spacial score (nSPS) is 22.0. The fourth-order valence-electron chi connectivity index (χ4n) is 2.84. The molecular formula is C16H24N2O2. The zero-order chi connectivity index (χ0) is 14.4. The van der Waals surface area contributed by atoms with E-state index in [9.17, 15) is 9.90 Å². The highest BCUT2D eigenvalue weighted by atomic mass is 16.3. The van der Waals surface area contributed by atoms with Crippen LogP contribution in [0.2, 0.25) is 0 Å². The zero-order valence-corrected chi connectivity index (χ0v) is 12.0. The molecule has 0 aromatic heterocycles. The molecule has 1 fully saturated rings. The van der Waals surface area contributed by atoms with Crippen LogP contribution in [0.3, 0.4) is 0 Å². The van der Waals surface area contributed by atoms with Crippen molar-refractivity contribution in [2.75, 3.05) is 6.54 Å². The molecule has 0 radical (unpaired) electrons. The van der Waals surface area contributed by atoms with Crippen LogP contribution in [0.4, 0.5) is 0 Å². The number of nitrogens with one attached hydrogen (secondary N) is 2. The van der Waals surface area contributed by atoms with Crippen molar-refractivity contribution >= 4 is 5.91 Å². The van der Waals surface area contributed by atoms with Crippen LogP contribution < -0.4 is 10.6 Å². The van der Waals surface area contributed by atoms with E-state index in [0.717, 1.165) is 31.4 Å². The molecule has 1 aliphatic rings. The second kappa shape index (κ2) is 7.41. The van der Waals surface area contributed by atoms with E-state index in [1.807, 2.05) is 30.3 Å². The Morgan fingerprint density at radius 3 is 2.75 bits per heavy atom. The summed E-state index contributed by atoms with van der Waals surface area (Å²) in [5.41, 5.74) is 1.13. The summed E-state index contributed by atoms with van der Waals surface area (Å²) in [6.07, 6.45) is 3.35. The van der Waals surface area contributed by atoms with E-state index in [0.29, 0.717) is 6.42 Å². The number of aliphatic hydroxyl groups is 1. The number of carbonyl (C=O) groups is 1. The predicted molar refractivity (Wildman–Crippen MR) is 79.4 cm³/mol. The first-order valence-electron chi connectivity index (χ1n) is 7.39. The molecule has 0 aliphatic carbocycles. The van der Waals surface area contributed by atoms with E-state index < -0.39 is 6.10 Å². The second-order valence-corrected chi connectivity index (χ2v) is 5.54. The Labute approximate surface area is 120 Å². The van der Waals surface area contributed by atoms with Gasteiger partial charge in [-0.1, -0.05) is 36.8 Å². The van der Waals surface area contributed by atoms with Gasteiger partial charge in [0.15, 0.2) is 0 Å². The van der Waals surface area contributed by atoms with Gasteiger partial charge in [-0.05, 0) is 31.4 Å². The first-order chi connectivity index (χ1) is 9.66. The first-order valence-corrected chi connectivity index (χ1v) is 7.39. The fraction of sp³-hybridized carbons (Fsp3) is 0.562.